The summed E-state index contributed by atoms with van der Waals surface area (Å²) >= 11 is 0. The van der Waals surface area contributed by atoms with E-state index < -0.39 is 18.7 Å². The molecule has 1 aromatic carbocycles. The number of aromatic nitrogens is 8. The molecule has 4 heterocycles. The number of ether oxygens (including phenoxy) is 1. The van der Waals surface area contributed by atoms with E-state index in [1.54, 1.807) is 10.9 Å². The van der Waals surface area contributed by atoms with Crippen molar-refractivity contribution in [2.24, 2.45) is 0 Å². The van der Waals surface area contributed by atoms with Gasteiger partial charge in [0, 0.05) is 27.5 Å². The van der Waals surface area contributed by atoms with Gasteiger partial charge in [-0.15, -0.1) is 20.4 Å². The van der Waals surface area contributed by atoms with Gasteiger partial charge in [0.2, 0.25) is 11.7 Å². The fourth-order valence-electron chi connectivity index (χ4n) is 2.85. The van der Waals surface area contributed by atoms with Crippen molar-refractivity contribution in [2.45, 2.75) is 26.9 Å². The van der Waals surface area contributed by atoms with Crippen LogP contribution in [0.4, 0.5) is 0 Å². The Balaban J connectivity index is 1.62. The normalized spacial score (nSPS) is 14.0. The van der Waals surface area contributed by atoms with Crippen molar-refractivity contribution in [1.82, 2.24) is 40.0 Å². The third-order valence-corrected chi connectivity index (χ3v) is 4.17. The highest BCUT2D eigenvalue weighted by Crippen LogP contribution is 2.29. The van der Waals surface area contributed by atoms with Crippen LogP contribution in [0.2, 0.25) is 0 Å². The van der Waals surface area contributed by atoms with E-state index in [2.05, 4.69) is 30.8 Å². The van der Waals surface area contributed by atoms with E-state index in [9.17, 15) is 0 Å². The average molecular weight is 380 g/mol. The van der Waals surface area contributed by atoms with Crippen LogP contribution in [-0.4, -0.2) is 40.0 Å². The van der Waals surface area contributed by atoms with Gasteiger partial charge in [-0.1, -0.05) is 28.6 Å². The highest BCUT2D eigenvalue weighted by molar-refractivity contribution is 5.96. The van der Waals surface area contributed by atoms with Gasteiger partial charge < -0.3 is 9.26 Å². The van der Waals surface area contributed by atoms with Gasteiger partial charge >= 0.3 is 0 Å². The molecule has 0 radical (unpaired) electrons. The zero-order valence-electron chi connectivity index (χ0n) is 18.7. The van der Waals surface area contributed by atoms with E-state index in [-0.39, 0.29) is 24.0 Å². The van der Waals surface area contributed by atoms with Gasteiger partial charge in [0.15, 0.2) is 11.3 Å². The molecule has 5 aromatic rings. The van der Waals surface area contributed by atoms with Crippen LogP contribution in [-0.2, 0) is 13.2 Å². The molecule has 10 nitrogen and oxygen atoms in total. The third-order valence-electron chi connectivity index (χ3n) is 4.17. The topological polar surface area (TPSA) is 109 Å². The molecule has 0 saturated carbocycles. The largest absolute Gasteiger partial charge is 0.470 e. The first-order chi connectivity index (χ1) is 15.4. The Kier molecular flexibility index (Phi) is 2.87. The smallest absolute Gasteiger partial charge is 0.240 e. The van der Waals surface area contributed by atoms with E-state index in [1.165, 1.54) is 4.52 Å². The van der Waals surface area contributed by atoms with Crippen molar-refractivity contribution >= 4 is 16.4 Å². The summed E-state index contributed by atoms with van der Waals surface area (Å²) in [6.07, 6.45) is 1.78. The minimum atomic E-state index is -2.62. The molecule has 0 saturated heterocycles. The molecular weight excluding hydrogens is 360 g/mol. The van der Waals surface area contributed by atoms with Gasteiger partial charge in [-0.3, -0.25) is 4.68 Å². The lowest BCUT2D eigenvalue weighted by molar-refractivity contribution is 0.289. The lowest BCUT2D eigenvalue weighted by atomic mass is 10.2. The first kappa shape index (κ1) is 12.5. The summed E-state index contributed by atoms with van der Waals surface area (Å²) in [6, 6.07) is 6.97. The third kappa shape index (κ3) is 2.66. The van der Waals surface area contributed by atoms with Crippen molar-refractivity contribution in [3.8, 4) is 17.4 Å². The molecule has 0 aliphatic carbocycles. The van der Waals surface area contributed by atoms with E-state index in [0.717, 1.165) is 0 Å². The first-order valence-electron chi connectivity index (χ1n) is 10.5. The van der Waals surface area contributed by atoms with Crippen LogP contribution in [0.1, 0.15) is 23.9 Å². The van der Waals surface area contributed by atoms with Crippen LogP contribution >= 0.6 is 0 Å². The van der Waals surface area contributed by atoms with Gasteiger partial charge in [0.1, 0.15) is 18.1 Å². The minimum absolute atomic E-state index is 0.0665. The molecule has 0 atom stereocenters. The Morgan fingerprint density at radius 1 is 1.21 bits per heavy atom. The molecular formula is C18H16N8O2. The van der Waals surface area contributed by atoms with Crippen molar-refractivity contribution in [3.63, 3.8) is 0 Å². The Morgan fingerprint density at radius 3 is 2.89 bits per heavy atom. The van der Waals surface area contributed by atoms with Gasteiger partial charge in [0.25, 0.3) is 0 Å². The molecule has 0 spiro atoms. The first-order valence-corrected chi connectivity index (χ1v) is 8.50. The van der Waals surface area contributed by atoms with Crippen molar-refractivity contribution in [3.05, 3.63) is 48.0 Å². The molecule has 5 rings (SSSR count). The number of fused-ring (bicyclic) bond motifs is 3. The zero-order valence-corrected chi connectivity index (χ0v) is 14.7. The maximum absolute atomic E-state index is 8.19. The standard InChI is InChI=1S/C18H16N8O2/c1-3-25-9-12(19-24-25)10-27-18-14-7-5-4-6-13(14)16-20-21-17(26(16)22-18)15-8-11(2)28-23-15/h4-9H,3,10H2,1-2H3/i2D3,8D. The monoisotopic (exact) mass is 380 g/mol. The molecule has 0 fully saturated rings. The van der Waals surface area contributed by atoms with E-state index in [0.29, 0.717) is 28.7 Å². The highest BCUT2D eigenvalue weighted by Gasteiger charge is 2.18. The molecule has 0 N–H and O–H groups in total. The van der Waals surface area contributed by atoms with Crippen molar-refractivity contribution in [2.75, 3.05) is 0 Å². The van der Waals surface area contributed by atoms with Gasteiger partial charge in [-0.2, -0.15) is 4.52 Å². The fraction of sp³-hybridized carbons (Fsp3) is 0.222. The lowest BCUT2D eigenvalue weighted by Gasteiger charge is -2.08. The Hall–Kier alpha value is -3.82. The van der Waals surface area contributed by atoms with Crippen LogP contribution < -0.4 is 4.74 Å². The summed E-state index contributed by atoms with van der Waals surface area (Å²) in [5.74, 6) is -0.177. The van der Waals surface area contributed by atoms with Gasteiger partial charge in [0.05, 0.1) is 7.57 Å². The number of aryl methyl sites for hydroxylation is 2. The number of rotatable bonds is 5. The molecule has 0 bridgehead atoms. The number of hydrogen-bond acceptors (Lipinski definition) is 8. The Morgan fingerprint density at radius 2 is 2.11 bits per heavy atom. The van der Waals surface area contributed by atoms with Crippen molar-refractivity contribution in [1.29, 1.82) is 0 Å². The second-order valence-corrected chi connectivity index (χ2v) is 5.95. The minimum Gasteiger partial charge on any atom is -0.470 e. The summed E-state index contributed by atoms with van der Waals surface area (Å²) in [7, 11) is 0. The zero-order chi connectivity index (χ0) is 22.5. The van der Waals surface area contributed by atoms with Crippen LogP contribution in [0.5, 0.6) is 5.88 Å². The SMILES string of the molecule is [2H]c1c(-c2nnc3c4ccccc4c(OCc4cn(CC)nn4)nn23)noc1C([2H])([2H])[2H]. The number of benzene rings is 1. The predicted octanol–water partition coefficient (Wildman–Crippen LogP) is 2.43. The fourth-order valence-corrected chi connectivity index (χ4v) is 2.85. The average Bonchev–Trinajstić information content (AvgIpc) is 3.49. The maximum Gasteiger partial charge on any atom is 0.240 e. The van der Waals surface area contributed by atoms with Crippen molar-refractivity contribution < 1.29 is 14.7 Å². The van der Waals surface area contributed by atoms with Gasteiger partial charge in [-0.25, -0.2) is 0 Å². The molecule has 140 valence electrons. The van der Waals surface area contributed by atoms with Crippen LogP contribution in [0.25, 0.3) is 27.9 Å². The summed E-state index contributed by atoms with van der Waals surface area (Å²) in [5.41, 5.74) is 0.954. The number of hydrogen-bond donors (Lipinski definition) is 0. The Labute approximate surface area is 164 Å². The molecule has 28 heavy (non-hydrogen) atoms. The maximum atomic E-state index is 8.19. The van der Waals surface area contributed by atoms with Crippen LogP contribution in [0, 0.1) is 6.85 Å². The van der Waals surface area contributed by atoms with Gasteiger partial charge in [-0.05, 0) is 19.8 Å². The molecule has 4 aromatic heterocycles. The highest BCUT2D eigenvalue weighted by atomic mass is 16.5. The van der Waals surface area contributed by atoms with E-state index in [4.69, 9.17) is 14.7 Å². The van der Waals surface area contributed by atoms with Crippen LogP contribution in [0.3, 0.4) is 0 Å². The quantitative estimate of drug-likeness (QED) is 0.457. The second kappa shape index (κ2) is 6.41. The molecule has 10 heteroatoms. The second-order valence-electron chi connectivity index (χ2n) is 5.95. The molecule has 0 aliphatic rings. The summed E-state index contributed by atoms with van der Waals surface area (Å²) in [5, 5.41) is 26.0. The molecule has 0 amide bonds. The number of nitrogens with zero attached hydrogens (tertiary/aromatic N) is 8. The van der Waals surface area contributed by atoms with E-state index >= 15 is 0 Å². The predicted molar refractivity (Wildman–Crippen MR) is 98.6 cm³/mol. The summed E-state index contributed by atoms with van der Waals surface area (Å²) < 4.78 is 44.6. The van der Waals surface area contributed by atoms with Crippen LogP contribution in [0.15, 0.2) is 41.0 Å². The van der Waals surface area contributed by atoms with E-state index in [1.807, 2.05) is 31.2 Å². The summed E-state index contributed by atoms with van der Waals surface area (Å²) in [6.45, 7) is 0.164. The lowest BCUT2D eigenvalue weighted by Crippen LogP contribution is -2.03. The summed E-state index contributed by atoms with van der Waals surface area (Å²) in [4.78, 5) is 0. The Bertz CT molecular complexity index is 1440. The molecule has 0 aliphatic heterocycles. The molecule has 0 unspecified atom stereocenters.